The van der Waals surface area contributed by atoms with Crippen molar-refractivity contribution in [1.82, 2.24) is 20.3 Å². The van der Waals surface area contributed by atoms with E-state index in [1.807, 2.05) is 0 Å². The first-order valence-electron chi connectivity index (χ1n) is 3.54. The molecule has 13 heavy (non-hydrogen) atoms. The lowest BCUT2D eigenvalue weighted by atomic mass is 10.8. The molecule has 0 spiro atoms. The predicted molar refractivity (Wildman–Crippen MR) is 46.9 cm³/mol. The zero-order valence-electron chi connectivity index (χ0n) is 7.03. The first kappa shape index (κ1) is 9.04. The number of urea groups is 1. The highest BCUT2D eigenvalue weighted by Gasteiger charge is 2.01. The summed E-state index contributed by atoms with van der Waals surface area (Å²) in [5, 5.41) is 11.8. The Hall–Kier alpha value is -2.05. The molecule has 7 nitrogen and oxygen atoms in total. The maximum atomic E-state index is 11.0. The molecule has 0 radical (unpaired) electrons. The Kier molecular flexibility index (Phi) is 2.85. The van der Waals surface area contributed by atoms with Gasteiger partial charge in [-0.05, 0) is 0 Å². The van der Waals surface area contributed by atoms with Crippen molar-refractivity contribution in [3.05, 3.63) is 18.7 Å². The van der Waals surface area contributed by atoms with Gasteiger partial charge >= 0.3 is 6.03 Å². The summed E-state index contributed by atoms with van der Waals surface area (Å²) < 4.78 is 1.37. The zero-order valence-corrected chi connectivity index (χ0v) is 7.03. The van der Waals surface area contributed by atoms with E-state index in [-0.39, 0.29) is 5.96 Å². The summed E-state index contributed by atoms with van der Waals surface area (Å²) in [7, 11) is 1.54. The number of imidazole rings is 1. The van der Waals surface area contributed by atoms with Gasteiger partial charge in [-0.3, -0.25) is 10.7 Å². The number of rotatable bonds is 1. The van der Waals surface area contributed by atoms with Crippen LogP contribution in [0.1, 0.15) is 0 Å². The molecule has 1 rings (SSSR count). The molecule has 7 heteroatoms. The number of aromatic nitrogens is 2. The maximum Gasteiger partial charge on any atom is 0.340 e. The van der Waals surface area contributed by atoms with E-state index in [9.17, 15) is 4.79 Å². The highest BCUT2D eigenvalue weighted by molar-refractivity contribution is 5.97. The second-order valence-corrected chi connectivity index (χ2v) is 2.16. The topological polar surface area (TPSA) is 94.8 Å². The van der Waals surface area contributed by atoms with E-state index >= 15 is 0 Å². The van der Waals surface area contributed by atoms with Crippen molar-refractivity contribution in [2.24, 2.45) is 0 Å². The predicted octanol–water partition coefficient (Wildman–Crippen LogP) is -0.710. The molecule has 1 aromatic heterocycles. The molecular weight excluding hydrogens is 172 g/mol. The van der Waals surface area contributed by atoms with Gasteiger partial charge in [0.15, 0.2) is 5.96 Å². The van der Waals surface area contributed by atoms with Crippen molar-refractivity contribution in [2.45, 2.75) is 0 Å². The third-order valence-electron chi connectivity index (χ3n) is 1.22. The fourth-order valence-electron chi connectivity index (χ4n) is 0.646. The van der Waals surface area contributed by atoms with E-state index in [1.54, 1.807) is 13.2 Å². The number of carbonyl (C=O) groups excluding carboxylic acids is 1. The Bertz CT molecular complexity index is 292. The summed E-state index contributed by atoms with van der Waals surface area (Å²) >= 11 is 0. The number of hydrogen-bond donors (Lipinski definition) is 4. The van der Waals surface area contributed by atoms with Crippen LogP contribution in [0.2, 0.25) is 0 Å². The summed E-state index contributed by atoms with van der Waals surface area (Å²) in [5.74, 6) is -0.0717. The number of guanidine groups is 1. The molecule has 0 bridgehead atoms. The summed E-state index contributed by atoms with van der Waals surface area (Å²) in [6, 6.07) is -0.502. The van der Waals surface area contributed by atoms with Gasteiger partial charge in [0.2, 0.25) is 0 Å². The lowest BCUT2D eigenvalue weighted by Crippen LogP contribution is -2.42. The highest BCUT2D eigenvalue weighted by Crippen LogP contribution is 1.79. The van der Waals surface area contributed by atoms with E-state index in [4.69, 9.17) is 5.41 Å². The largest absolute Gasteiger partial charge is 0.359 e. The van der Waals surface area contributed by atoms with Crippen molar-refractivity contribution >= 4 is 12.0 Å². The molecule has 0 fully saturated rings. The first-order chi connectivity index (χ1) is 6.22. The molecule has 2 amide bonds. The first-order valence-corrected chi connectivity index (χ1v) is 3.54. The van der Waals surface area contributed by atoms with E-state index in [2.05, 4.69) is 21.0 Å². The number of hydrogen-bond acceptors (Lipinski definition) is 3. The van der Waals surface area contributed by atoms with Gasteiger partial charge in [-0.2, -0.15) is 0 Å². The van der Waals surface area contributed by atoms with Gasteiger partial charge in [0.05, 0.1) is 0 Å². The highest BCUT2D eigenvalue weighted by atomic mass is 16.2. The van der Waals surface area contributed by atoms with Gasteiger partial charge < -0.3 is 5.32 Å². The number of nitrogens with one attached hydrogen (secondary N) is 4. The van der Waals surface area contributed by atoms with Crippen LogP contribution in [0.4, 0.5) is 4.79 Å². The Labute approximate surface area is 74.6 Å². The average molecular weight is 182 g/mol. The second kappa shape index (κ2) is 4.10. The molecule has 4 N–H and O–H groups in total. The van der Waals surface area contributed by atoms with Gasteiger partial charge in [-0.15, -0.1) is 0 Å². The van der Waals surface area contributed by atoms with Gasteiger partial charge in [0.25, 0.3) is 0 Å². The fourth-order valence-corrected chi connectivity index (χ4v) is 0.646. The van der Waals surface area contributed by atoms with E-state index in [1.165, 1.54) is 17.2 Å². The summed E-state index contributed by atoms with van der Waals surface area (Å²) in [6.45, 7) is 0. The second-order valence-electron chi connectivity index (χ2n) is 2.16. The quantitative estimate of drug-likeness (QED) is 0.341. The summed E-state index contributed by atoms with van der Waals surface area (Å²) in [6.07, 6.45) is 4.54. The van der Waals surface area contributed by atoms with Crippen LogP contribution >= 0.6 is 0 Å². The van der Waals surface area contributed by atoms with E-state index < -0.39 is 6.03 Å². The van der Waals surface area contributed by atoms with Crippen LogP contribution in [-0.2, 0) is 0 Å². The van der Waals surface area contributed by atoms with Crippen molar-refractivity contribution in [3.8, 4) is 0 Å². The van der Waals surface area contributed by atoms with E-state index in [0.717, 1.165) is 0 Å². The normalized spacial score (nSPS) is 9.00. The summed E-state index contributed by atoms with van der Waals surface area (Å²) in [5.41, 5.74) is 2.41. The van der Waals surface area contributed by atoms with Crippen molar-refractivity contribution < 1.29 is 4.79 Å². The lowest BCUT2D eigenvalue weighted by molar-refractivity contribution is 0.253. The molecule has 1 aromatic rings. The van der Waals surface area contributed by atoms with Crippen LogP contribution in [-0.4, -0.2) is 28.7 Å². The van der Waals surface area contributed by atoms with Crippen molar-refractivity contribution in [1.29, 1.82) is 5.41 Å². The van der Waals surface area contributed by atoms with Crippen LogP contribution in [0.25, 0.3) is 0 Å². The van der Waals surface area contributed by atoms with Crippen LogP contribution in [0.3, 0.4) is 0 Å². The van der Waals surface area contributed by atoms with Gasteiger partial charge in [0, 0.05) is 19.4 Å². The molecule has 0 saturated heterocycles. The zero-order chi connectivity index (χ0) is 9.68. The van der Waals surface area contributed by atoms with Crippen LogP contribution in [0.15, 0.2) is 18.7 Å². The standard InChI is InChI=1S/C6H10N6O/c1-8-5(7)10-6(13)11-12-3-2-9-4-12/h2-4H,1H3,(H4,7,8,10,11,13). The van der Waals surface area contributed by atoms with Crippen molar-refractivity contribution in [3.63, 3.8) is 0 Å². The summed E-state index contributed by atoms with van der Waals surface area (Å²) in [4.78, 5) is 14.8. The van der Waals surface area contributed by atoms with Crippen LogP contribution in [0.5, 0.6) is 0 Å². The molecule has 0 saturated carbocycles. The SMILES string of the molecule is CNC(=N)NC(=O)Nn1ccnc1. The molecule has 0 aliphatic carbocycles. The fraction of sp³-hybridized carbons (Fsp3) is 0.167. The number of amides is 2. The van der Waals surface area contributed by atoms with Gasteiger partial charge in [-0.1, -0.05) is 0 Å². The smallest absolute Gasteiger partial charge is 0.340 e. The van der Waals surface area contributed by atoms with Crippen LogP contribution in [0, 0.1) is 5.41 Å². The van der Waals surface area contributed by atoms with Crippen molar-refractivity contribution in [2.75, 3.05) is 12.5 Å². The molecule has 0 unspecified atom stereocenters. The molecule has 1 heterocycles. The molecule has 70 valence electrons. The third-order valence-corrected chi connectivity index (χ3v) is 1.22. The van der Waals surface area contributed by atoms with Crippen LogP contribution < -0.4 is 16.1 Å². The molecular formula is C6H10N6O. The van der Waals surface area contributed by atoms with Gasteiger partial charge in [-0.25, -0.2) is 19.9 Å². The molecule has 0 aromatic carbocycles. The third kappa shape index (κ3) is 2.81. The Morgan fingerprint density at radius 2 is 2.38 bits per heavy atom. The average Bonchev–Trinajstić information content (AvgIpc) is 2.56. The minimum atomic E-state index is -0.502. The Morgan fingerprint density at radius 1 is 1.62 bits per heavy atom. The Balaban J connectivity index is 2.38. The minimum Gasteiger partial charge on any atom is -0.359 e. The monoisotopic (exact) mass is 182 g/mol. The van der Waals surface area contributed by atoms with E-state index in [0.29, 0.717) is 0 Å². The maximum absolute atomic E-state index is 11.0. The lowest BCUT2D eigenvalue weighted by Gasteiger charge is -2.07. The molecule has 0 atom stereocenters. The van der Waals surface area contributed by atoms with Gasteiger partial charge in [0.1, 0.15) is 6.33 Å². The minimum absolute atomic E-state index is 0.0717. The number of nitrogens with zero attached hydrogens (tertiary/aromatic N) is 2. The molecule has 0 aliphatic heterocycles. The molecule has 0 aliphatic rings. The Morgan fingerprint density at radius 3 is 2.92 bits per heavy atom. The number of carbonyl (C=O) groups is 1.